The summed E-state index contributed by atoms with van der Waals surface area (Å²) in [5, 5.41) is 17.8. The molecule has 0 spiro atoms. The highest BCUT2D eigenvalue weighted by molar-refractivity contribution is 5.28. The molecular weight excluding hydrogens is 220 g/mol. The summed E-state index contributed by atoms with van der Waals surface area (Å²) in [5.74, 6) is 0.434. The summed E-state index contributed by atoms with van der Waals surface area (Å²) in [7, 11) is 3.31. The van der Waals surface area contributed by atoms with Gasteiger partial charge in [-0.2, -0.15) is 0 Å². The molecule has 0 aliphatic carbocycles. The second-order valence-electron chi connectivity index (χ2n) is 3.71. The third-order valence-corrected chi connectivity index (χ3v) is 2.41. The molecule has 2 aromatic heterocycles. The number of hydrogen-bond donors (Lipinski definition) is 1. The van der Waals surface area contributed by atoms with E-state index in [4.69, 9.17) is 4.74 Å². The van der Waals surface area contributed by atoms with Crippen molar-refractivity contribution in [1.29, 1.82) is 0 Å². The van der Waals surface area contributed by atoms with Gasteiger partial charge in [-0.05, 0) is 12.1 Å². The molecule has 0 fully saturated rings. The molecule has 0 saturated heterocycles. The molecule has 6 nitrogen and oxygen atoms in total. The minimum absolute atomic E-state index is 0.385. The molecule has 1 N–H and O–H groups in total. The lowest BCUT2D eigenvalue weighted by Gasteiger charge is -2.11. The highest BCUT2D eigenvalue weighted by Crippen LogP contribution is 2.24. The van der Waals surface area contributed by atoms with Crippen LogP contribution in [0.5, 0.6) is 5.88 Å². The number of aliphatic hydroxyl groups excluding tert-OH is 1. The van der Waals surface area contributed by atoms with Crippen LogP contribution in [0.25, 0.3) is 0 Å². The van der Waals surface area contributed by atoms with Crippen LogP contribution in [0.1, 0.15) is 17.4 Å². The number of aliphatic hydroxyl groups is 1. The van der Waals surface area contributed by atoms with Crippen molar-refractivity contribution in [3.8, 4) is 5.88 Å². The summed E-state index contributed by atoms with van der Waals surface area (Å²) in [6, 6.07) is 3.55. The van der Waals surface area contributed by atoms with Crippen molar-refractivity contribution in [3.63, 3.8) is 0 Å². The first kappa shape index (κ1) is 11.5. The Morgan fingerprint density at radius 3 is 3.00 bits per heavy atom. The van der Waals surface area contributed by atoms with E-state index in [-0.39, 0.29) is 0 Å². The van der Waals surface area contributed by atoms with Crippen LogP contribution < -0.4 is 4.74 Å². The number of methoxy groups -OCH3 is 1. The Bertz CT molecular complexity index is 498. The maximum Gasteiger partial charge on any atom is 0.218 e. The van der Waals surface area contributed by atoms with Crippen molar-refractivity contribution in [2.45, 2.75) is 12.5 Å². The Hall–Kier alpha value is -1.95. The van der Waals surface area contributed by atoms with Gasteiger partial charge in [0.2, 0.25) is 5.88 Å². The van der Waals surface area contributed by atoms with Gasteiger partial charge in [0.15, 0.2) is 0 Å². The lowest BCUT2D eigenvalue weighted by molar-refractivity contribution is 0.171. The van der Waals surface area contributed by atoms with Gasteiger partial charge in [-0.1, -0.05) is 5.21 Å². The van der Waals surface area contributed by atoms with E-state index in [0.717, 1.165) is 5.69 Å². The van der Waals surface area contributed by atoms with Crippen LogP contribution in [0.4, 0.5) is 0 Å². The molecule has 0 bridgehead atoms. The molecule has 0 aliphatic heterocycles. The number of rotatable bonds is 4. The number of hydrogen-bond acceptors (Lipinski definition) is 5. The van der Waals surface area contributed by atoms with Crippen molar-refractivity contribution in [1.82, 2.24) is 20.0 Å². The zero-order chi connectivity index (χ0) is 12.3. The van der Waals surface area contributed by atoms with E-state index in [9.17, 15) is 5.11 Å². The van der Waals surface area contributed by atoms with Gasteiger partial charge in [0.1, 0.15) is 0 Å². The van der Waals surface area contributed by atoms with Crippen LogP contribution in [0.15, 0.2) is 24.5 Å². The van der Waals surface area contributed by atoms with Gasteiger partial charge in [-0.3, -0.25) is 4.68 Å². The minimum Gasteiger partial charge on any atom is -0.481 e. The fourth-order valence-electron chi connectivity index (χ4n) is 1.62. The van der Waals surface area contributed by atoms with E-state index >= 15 is 0 Å². The van der Waals surface area contributed by atoms with E-state index in [1.54, 1.807) is 36.3 Å². The van der Waals surface area contributed by atoms with Crippen molar-refractivity contribution in [3.05, 3.63) is 35.8 Å². The Morgan fingerprint density at radius 2 is 2.35 bits per heavy atom. The molecular formula is C11H14N4O2. The minimum atomic E-state index is -0.699. The number of aryl methyl sites for hydroxylation is 1. The SMILES string of the molecule is COc1ncccc1C(O)Cc1cn(C)nn1. The molecule has 0 saturated carbocycles. The molecule has 0 aliphatic rings. The monoisotopic (exact) mass is 234 g/mol. The second-order valence-corrected chi connectivity index (χ2v) is 3.71. The van der Waals surface area contributed by atoms with Crippen LogP contribution in [0, 0.1) is 0 Å². The van der Waals surface area contributed by atoms with Gasteiger partial charge in [-0.25, -0.2) is 4.98 Å². The fourth-order valence-corrected chi connectivity index (χ4v) is 1.62. The van der Waals surface area contributed by atoms with Gasteiger partial charge in [0.05, 0.1) is 18.9 Å². The number of aromatic nitrogens is 4. The van der Waals surface area contributed by atoms with E-state index in [1.807, 2.05) is 0 Å². The zero-order valence-corrected chi connectivity index (χ0v) is 9.74. The molecule has 1 unspecified atom stereocenters. The normalized spacial score (nSPS) is 12.4. The molecule has 2 aromatic rings. The average molecular weight is 234 g/mol. The molecule has 2 rings (SSSR count). The molecule has 1 atom stereocenters. The average Bonchev–Trinajstić information content (AvgIpc) is 2.74. The smallest absolute Gasteiger partial charge is 0.218 e. The highest BCUT2D eigenvalue weighted by Gasteiger charge is 2.15. The van der Waals surface area contributed by atoms with Gasteiger partial charge < -0.3 is 9.84 Å². The van der Waals surface area contributed by atoms with E-state index in [2.05, 4.69) is 15.3 Å². The number of nitrogens with zero attached hydrogens (tertiary/aromatic N) is 4. The van der Waals surface area contributed by atoms with Crippen molar-refractivity contribution in [2.75, 3.05) is 7.11 Å². The van der Waals surface area contributed by atoms with Crippen LogP contribution in [-0.2, 0) is 13.5 Å². The lowest BCUT2D eigenvalue weighted by atomic mass is 10.1. The molecule has 0 radical (unpaired) electrons. The molecule has 6 heteroatoms. The van der Waals surface area contributed by atoms with Gasteiger partial charge in [0.25, 0.3) is 0 Å². The third-order valence-electron chi connectivity index (χ3n) is 2.41. The summed E-state index contributed by atoms with van der Waals surface area (Å²) >= 11 is 0. The topological polar surface area (TPSA) is 73.1 Å². The lowest BCUT2D eigenvalue weighted by Crippen LogP contribution is -2.05. The van der Waals surface area contributed by atoms with Crippen LogP contribution >= 0.6 is 0 Å². The molecule has 2 heterocycles. The van der Waals surface area contributed by atoms with E-state index < -0.39 is 6.10 Å². The van der Waals surface area contributed by atoms with Crippen LogP contribution in [-0.4, -0.2) is 32.2 Å². The molecule has 0 aromatic carbocycles. The van der Waals surface area contributed by atoms with Gasteiger partial charge in [0, 0.05) is 31.4 Å². The Kier molecular flexibility index (Phi) is 3.34. The van der Waals surface area contributed by atoms with Crippen LogP contribution in [0.3, 0.4) is 0 Å². The predicted octanol–water partition coefficient (Wildman–Crippen LogP) is 0.495. The first-order valence-corrected chi connectivity index (χ1v) is 5.23. The standard InChI is InChI=1S/C11H14N4O2/c1-15-7-8(13-14-15)6-10(16)9-4-3-5-12-11(9)17-2/h3-5,7,10,16H,6H2,1-2H3. The maximum absolute atomic E-state index is 10.1. The quantitative estimate of drug-likeness (QED) is 0.833. The second kappa shape index (κ2) is 4.92. The number of ether oxygens (including phenoxy) is 1. The summed E-state index contributed by atoms with van der Waals surface area (Å²) < 4.78 is 6.70. The maximum atomic E-state index is 10.1. The summed E-state index contributed by atoms with van der Waals surface area (Å²) in [6.45, 7) is 0. The van der Waals surface area contributed by atoms with E-state index in [1.165, 1.54) is 7.11 Å². The third kappa shape index (κ3) is 2.59. The Morgan fingerprint density at radius 1 is 1.53 bits per heavy atom. The Labute approximate surface area is 98.9 Å². The van der Waals surface area contributed by atoms with Crippen molar-refractivity contribution >= 4 is 0 Å². The summed E-state index contributed by atoms with van der Waals surface area (Å²) in [4.78, 5) is 4.04. The van der Waals surface area contributed by atoms with Crippen molar-refractivity contribution in [2.24, 2.45) is 7.05 Å². The van der Waals surface area contributed by atoms with Gasteiger partial charge >= 0.3 is 0 Å². The molecule has 17 heavy (non-hydrogen) atoms. The first-order chi connectivity index (χ1) is 8.20. The summed E-state index contributed by atoms with van der Waals surface area (Å²) in [5.41, 5.74) is 1.38. The van der Waals surface area contributed by atoms with Crippen LogP contribution in [0.2, 0.25) is 0 Å². The van der Waals surface area contributed by atoms with E-state index in [0.29, 0.717) is 17.9 Å². The zero-order valence-electron chi connectivity index (χ0n) is 9.74. The van der Waals surface area contributed by atoms with Crippen molar-refractivity contribution < 1.29 is 9.84 Å². The molecule has 90 valence electrons. The summed E-state index contributed by atoms with van der Waals surface area (Å²) in [6.07, 6.45) is 3.08. The highest BCUT2D eigenvalue weighted by atomic mass is 16.5. The Balaban J connectivity index is 2.16. The largest absolute Gasteiger partial charge is 0.481 e. The predicted molar refractivity (Wildman–Crippen MR) is 60.5 cm³/mol. The molecule has 0 amide bonds. The first-order valence-electron chi connectivity index (χ1n) is 5.23. The van der Waals surface area contributed by atoms with Gasteiger partial charge in [-0.15, -0.1) is 5.10 Å². The number of pyridine rings is 1. The fraction of sp³-hybridized carbons (Fsp3) is 0.364.